The van der Waals surface area contributed by atoms with Gasteiger partial charge in [-0.25, -0.2) is 9.18 Å². The molecule has 0 saturated carbocycles. The number of pyridine rings is 1. The summed E-state index contributed by atoms with van der Waals surface area (Å²) >= 11 is 6.35. The van der Waals surface area contributed by atoms with Crippen molar-refractivity contribution in [3.63, 3.8) is 0 Å². The van der Waals surface area contributed by atoms with Crippen LogP contribution in [0.5, 0.6) is 5.75 Å². The zero-order valence-electron chi connectivity index (χ0n) is 17.1. The molecule has 2 N–H and O–H groups in total. The first-order valence-electron chi connectivity index (χ1n) is 9.63. The van der Waals surface area contributed by atoms with Crippen molar-refractivity contribution in [1.82, 2.24) is 10.3 Å². The Morgan fingerprint density at radius 2 is 2.03 bits per heavy atom. The molecule has 1 amide bonds. The molecule has 0 radical (unpaired) electrons. The van der Waals surface area contributed by atoms with Crippen molar-refractivity contribution in [2.45, 2.75) is 32.7 Å². The molecular weight excluding hydrogens is 407 g/mol. The molecule has 1 aromatic heterocycles. The Morgan fingerprint density at radius 1 is 1.30 bits per heavy atom. The predicted octanol–water partition coefficient (Wildman–Crippen LogP) is 6.15. The Hall–Kier alpha value is -2.86. The molecule has 0 aliphatic carbocycles. The van der Waals surface area contributed by atoms with Crippen molar-refractivity contribution in [2.24, 2.45) is 5.92 Å². The molecule has 1 unspecified atom stereocenters. The number of hydrogen-bond donors (Lipinski definition) is 2. The Labute approximate surface area is 179 Å². The number of hydrogen-bond acceptors (Lipinski definition) is 3. The summed E-state index contributed by atoms with van der Waals surface area (Å²) in [6.07, 6.45) is 1.13. The normalized spacial score (nSPS) is 12.6. The van der Waals surface area contributed by atoms with E-state index in [1.165, 1.54) is 6.07 Å². The fourth-order valence-electron chi connectivity index (χ4n) is 3.70. The molecule has 0 saturated heterocycles. The summed E-state index contributed by atoms with van der Waals surface area (Å²) in [6.45, 7) is 5.70. The largest absolute Gasteiger partial charge is 0.489 e. The van der Waals surface area contributed by atoms with Crippen molar-refractivity contribution in [2.75, 3.05) is 6.61 Å². The van der Waals surface area contributed by atoms with Gasteiger partial charge in [0, 0.05) is 17.1 Å². The first-order chi connectivity index (χ1) is 14.2. The zero-order valence-corrected chi connectivity index (χ0v) is 17.8. The van der Waals surface area contributed by atoms with Crippen molar-refractivity contribution in [3.05, 3.63) is 59.5 Å². The fourth-order valence-corrected chi connectivity index (χ4v) is 3.96. The topological polar surface area (TPSA) is 71.5 Å². The summed E-state index contributed by atoms with van der Waals surface area (Å²) in [5.74, 6) is -0.575. The van der Waals surface area contributed by atoms with Crippen LogP contribution in [0.4, 0.5) is 9.18 Å². The minimum atomic E-state index is -1.08. The number of halogens is 2. The van der Waals surface area contributed by atoms with E-state index in [-0.39, 0.29) is 23.3 Å². The van der Waals surface area contributed by atoms with E-state index < -0.39 is 17.4 Å². The number of benzene rings is 2. The van der Waals surface area contributed by atoms with Crippen LogP contribution in [0.1, 0.15) is 27.2 Å². The highest BCUT2D eigenvalue weighted by atomic mass is 35.5. The molecule has 0 fully saturated rings. The number of nitrogens with zero attached hydrogens (tertiary/aromatic N) is 1. The number of para-hydroxylation sites is 1. The lowest BCUT2D eigenvalue weighted by Gasteiger charge is -2.28. The van der Waals surface area contributed by atoms with Gasteiger partial charge in [-0.2, -0.15) is 0 Å². The summed E-state index contributed by atoms with van der Waals surface area (Å²) < 4.78 is 20.5. The summed E-state index contributed by atoms with van der Waals surface area (Å²) in [7, 11) is 0. The van der Waals surface area contributed by atoms with Crippen molar-refractivity contribution < 1.29 is 19.0 Å². The van der Waals surface area contributed by atoms with Crippen LogP contribution in [0.25, 0.3) is 22.0 Å². The average molecular weight is 431 g/mol. The Balaban J connectivity index is 1.78. The second-order valence-corrected chi connectivity index (χ2v) is 8.49. The Kier molecular flexibility index (Phi) is 6.46. The number of carboxylic acid groups (broad SMARTS) is 1. The van der Waals surface area contributed by atoms with Crippen LogP contribution in [0.2, 0.25) is 5.02 Å². The van der Waals surface area contributed by atoms with Crippen LogP contribution in [0.15, 0.2) is 48.7 Å². The van der Waals surface area contributed by atoms with Crippen LogP contribution >= 0.6 is 11.6 Å². The SMILES string of the molecule is CC(COc1c(F)cc(-c2ccnc3ccccc23)cc1Cl)CC(C)(C)NC(=O)O. The molecule has 3 aromatic rings. The van der Waals surface area contributed by atoms with Gasteiger partial charge in [-0.1, -0.05) is 36.7 Å². The van der Waals surface area contributed by atoms with Crippen molar-refractivity contribution in [1.29, 1.82) is 0 Å². The maximum absolute atomic E-state index is 14.8. The van der Waals surface area contributed by atoms with Gasteiger partial charge in [0.2, 0.25) is 0 Å². The molecule has 158 valence electrons. The van der Waals surface area contributed by atoms with E-state index in [0.717, 1.165) is 16.5 Å². The molecule has 5 nitrogen and oxygen atoms in total. The minimum Gasteiger partial charge on any atom is -0.489 e. The van der Waals surface area contributed by atoms with Crippen LogP contribution in [-0.2, 0) is 0 Å². The maximum atomic E-state index is 14.8. The van der Waals surface area contributed by atoms with E-state index >= 15 is 0 Å². The standard InChI is InChI=1S/C23H24ClFN2O3/c1-14(12-23(2,3)27-22(28)29)13-30-21-18(24)10-15(11-19(21)25)16-8-9-26-20-7-5-4-6-17(16)20/h4-11,14,27H,12-13H2,1-3H3,(H,28,29). The zero-order chi connectivity index (χ0) is 21.9. The van der Waals surface area contributed by atoms with Crippen LogP contribution in [-0.4, -0.2) is 28.3 Å². The third-order valence-corrected chi connectivity index (χ3v) is 5.06. The number of amides is 1. The fraction of sp³-hybridized carbons (Fsp3) is 0.304. The number of carbonyl (C=O) groups is 1. The molecule has 30 heavy (non-hydrogen) atoms. The van der Waals surface area contributed by atoms with E-state index in [0.29, 0.717) is 12.0 Å². The maximum Gasteiger partial charge on any atom is 0.405 e. The van der Waals surface area contributed by atoms with E-state index in [2.05, 4.69) is 10.3 Å². The van der Waals surface area contributed by atoms with Gasteiger partial charge >= 0.3 is 6.09 Å². The average Bonchev–Trinajstić information content (AvgIpc) is 2.65. The lowest BCUT2D eigenvalue weighted by molar-refractivity contribution is 0.168. The van der Waals surface area contributed by atoms with E-state index in [1.54, 1.807) is 26.1 Å². The third-order valence-electron chi connectivity index (χ3n) is 4.77. The second-order valence-electron chi connectivity index (χ2n) is 8.08. The molecule has 1 atom stereocenters. The van der Waals surface area contributed by atoms with Gasteiger partial charge in [0.25, 0.3) is 0 Å². The molecule has 0 spiro atoms. The highest BCUT2D eigenvalue weighted by Crippen LogP contribution is 2.36. The van der Waals surface area contributed by atoms with Crippen LogP contribution < -0.4 is 10.1 Å². The van der Waals surface area contributed by atoms with Crippen LogP contribution in [0.3, 0.4) is 0 Å². The number of aromatic nitrogens is 1. The highest BCUT2D eigenvalue weighted by Gasteiger charge is 2.24. The predicted molar refractivity (Wildman–Crippen MR) is 117 cm³/mol. The van der Waals surface area contributed by atoms with Crippen molar-refractivity contribution in [3.8, 4) is 16.9 Å². The van der Waals surface area contributed by atoms with E-state index in [1.807, 2.05) is 37.3 Å². The Morgan fingerprint density at radius 3 is 2.73 bits per heavy atom. The summed E-state index contributed by atoms with van der Waals surface area (Å²) in [5.41, 5.74) is 1.67. The lowest BCUT2D eigenvalue weighted by atomic mass is 9.92. The monoisotopic (exact) mass is 430 g/mol. The third kappa shape index (κ3) is 5.19. The quantitative estimate of drug-likeness (QED) is 0.471. The molecule has 2 aromatic carbocycles. The van der Waals surface area contributed by atoms with E-state index in [9.17, 15) is 9.18 Å². The highest BCUT2D eigenvalue weighted by molar-refractivity contribution is 6.32. The summed E-state index contributed by atoms with van der Waals surface area (Å²) in [5, 5.41) is 12.5. The molecule has 0 aliphatic rings. The van der Waals surface area contributed by atoms with Crippen molar-refractivity contribution >= 4 is 28.6 Å². The van der Waals surface area contributed by atoms with Gasteiger partial charge < -0.3 is 15.2 Å². The first-order valence-corrected chi connectivity index (χ1v) is 10.0. The second kappa shape index (κ2) is 8.88. The summed E-state index contributed by atoms with van der Waals surface area (Å²) in [4.78, 5) is 15.2. The summed E-state index contributed by atoms with van der Waals surface area (Å²) in [6, 6.07) is 12.6. The molecule has 3 rings (SSSR count). The smallest absolute Gasteiger partial charge is 0.405 e. The molecule has 1 heterocycles. The van der Waals surface area contributed by atoms with Gasteiger partial charge in [0.05, 0.1) is 17.1 Å². The minimum absolute atomic E-state index is 0.00497. The molecule has 0 bridgehead atoms. The van der Waals surface area contributed by atoms with Gasteiger partial charge in [-0.3, -0.25) is 4.98 Å². The van der Waals surface area contributed by atoms with Gasteiger partial charge in [-0.15, -0.1) is 0 Å². The van der Waals surface area contributed by atoms with Gasteiger partial charge in [0.1, 0.15) is 0 Å². The van der Waals surface area contributed by atoms with Gasteiger partial charge in [-0.05, 0) is 61.6 Å². The Bertz CT molecular complexity index is 1040. The van der Waals surface area contributed by atoms with E-state index in [4.69, 9.17) is 21.4 Å². The number of nitrogens with one attached hydrogen (secondary N) is 1. The number of fused-ring (bicyclic) bond motifs is 1. The number of ether oxygens (including phenoxy) is 1. The molecule has 0 aliphatic heterocycles. The molecule has 7 heteroatoms. The van der Waals surface area contributed by atoms with Crippen LogP contribution in [0, 0.1) is 11.7 Å². The molecular formula is C23H24ClFN2O3. The van der Waals surface area contributed by atoms with Gasteiger partial charge in [0.15, 0.2) is 11.6 Å². The number of rotatable bonds is 7. The lowest BCUT2D eigenvalue weighted by Crippen LogP contribution is -2.44. The first kappa shape index (κ1) is 21.8.